The number of fused-ring (bicyclic) bond motifs is 1. The van der Waals surface area contributed by atoms with Crippen molar-refractivity contribution in [3.63, 3.8) is 0 Å². The Labute approximate surface area is 186 Å². The maximum absolute atomic E-state index is 6.20. The van der Waals surface area contributed by atoms with Gasteiger partial charge in [0.05, 0.1) is 36.4 Å². The first kappa shape index (κ1) is 20.3. The number of aromatic nitrogens is 6. The Morgan fingerprint density at radius 1 is 1.12 bits per heavy atom. The predicted molar refractivity (Wildman–Crippen MR) is 124 cm³/mol. The van der Waals surface area contributed by atoms with Crippen LogP contribution in [0.3, 0.4) is 0 Å². The SMILES string of the molecule is CCOc1ccc(-n2c(N)nc3cnc(Nc4cnn(C5CCN(C)CC5)c4)nc32)cc1. The molecule has 0 radical (unpaired) electrons. The highest BCUT2D eigenvalue weighted by Gasteiger charge is 2.19. The molecular weight excluding hydrogens is 406 g/mol. The highest BCUT2D eigenvalue weighted by atomic mass is 16.5. The number of ether oxygens (including phenoxy) is 1. The van der Waals surface area contributed by atoms with Crippen LogP contribution >= 0.6 is 0 Å². The lowest BCUT2D eigenvalue weighted by Gasteiger charge is -2.28. The Morgan fingerprint density at radius 2 is 1.91 bits per heavy atom. The van der Waals surface area contributed by atoms with Gasteiger partial charge in [-0.3, -0.25) is 9.25 Å². The van der Waals surface area contributed by atoms with Crippen LogP contribution in [-0.4, -0.2) is 60.9 Å². The maximum Gasteiger partial charge on any atom is 0.229 e. The van der Waals surface area contributed by atoms with Crippen molar-refractivity contribution in [3.8, 4) is 11.4 Å². The summed E-state index contributed by atoms with van der Waals surface area (Å²) in [5.74, 6) is 1.62. The molecule has 4 heterocycles. The smallest absolute Gasteiger partial charge is 0.229 e. The van der Waals surface area contributed by atoms with Gasteiger partial charge in [-0.2, -0.15) is 10.1 Å². The third-order valence-corrected chi connectivity index (χ3v) is 5.75. The first-order valence-electron chi connectivity index (χ1n) is 10.8. The van der Waals surface area contributed by atoms with Crippen LogP contribution in [0, 0.1) is 0 Å². The van der Waals surface area contributed by atoms with Crippen LogP contribution in [0.2, 0.25) is 0 Å². The number of likely N-dealkylation sites (tertiary alicyclic amines) is 1. The molecular formula is C22H27N9O. The summed E-state index contributed by atoms with van der Waals surface area (Å²) < 4.78 is 9.37. The normalized spacial score (nSPS) is 15.3. The van der Waals surface area contributed by atoms with Crippen molar-refractivity contribution in [1.29, 1.82) is 0 Å². The summed E-state index contributed by atoms with van der Waals surface area (Å²) in [5.41, 5.74) is 9.16. The molecule has 1 fully saturated rings. The van der Waals surface area contributed by atoms with Crippen LogP contribution in [0.5, 0.6) is 5.75 Å². The molecule has 0 unspecified atom stereocenters. The molecule has 32 heavy (non-hydrogen) atoms. The van der Waals surface area contributed by atoms with E-state index in [1.54, 1.807) is 10.8 Å². The molecule has 10 nitrogen and oxygen atoms in total. The van der Waals surface area contributed by atoms with Crippen molar-refractivity contribution in [2.45, 2.75) is 25.8 Å². The second kappa shape index (κ2) is 8.46. The quantitative estimate of drug-likeness (QED) is 0.477. The Kier molecular flexibility index (Phi) is 5.36. The summed E-state index contributed by atoms with van der Waals surface area (Å²) in [5, 5.41) is 7.81. The van der Waals surface area contributed by atoms with E-state index in [0.717, 1.165) is 43.1 Å². The predicted octanol–water partition coefficient (Wildman–Crippen LogP) is 3.00. The number of piperidine rings is 1. The molecule has 3 aromatic heterocycles. The molecule has 3 N–H and O–H groups in total. The fourth-order valence-corrected chi connectivity index (χ4v) is 4.06. The lowest BCUT2D eigenvalue weighted by Crippen LogP contribution is -2.31. The summed E-state index contributed by atoms with van der Waals surface area (Å²) in [6, 6.07) is 8.10. The number of rotatable bonds is 6. The monoisotopic (exact) mass is 433 g/mol. The molecule has 1 aliphatic rings. The fraction of sp³-hybridized carbons (Fsp3) is 0.364. The second-order valence-corrected chi connectivity index (χ2v) is 8.00. The van der Waals surface area contributed by atoms with Gasteiger partial charge in [-0.25, -0.2) is 9.97 Å². The van der Waals surface area contributed by atoms with Crippen molar-refractivity contribution in [2.75, 3.05) is 37.8 Å². The second-order valence-electron chi connectivity index (χ2n) is 8.00. The highest BCUT2D eigenvalue weighted by Crippen LogP contribution is 2.26. The van der Waals surface area contributed by atoms with E-state index >= 15 is 0 Å². The highest BCUT2D eigenvalue weighted by molar-refractivity contribution is 5.77. The molecule has 0 spiro atoms. The van der Waals surface area contributed by atoms with E-state index in [1.165, 1.54) is 0 Å². The van der Waals surface area contributed by atoms with Gasteiger partial charge in [0.15, 0.2) is 5.65 Å². The van der Waals surface area contributed by atoms with Gasteiger partial charge in [0.2, 0.25) is 11.9 Å². The lowest BCUT2D eigenvalue weighted by atomic mass is 10.1. The zero-order valence-corrected chi connectivity index (χ0v) is 18.3. The summed E-state index contributed by atoms with van der Waals surface area (Å²) in [6.07, 6.45) is 7.69. The minimum atomic E-state index is 0.352. The molecule has 0 saturated carbocycles. The van der Waals surface area contributed by atoms with E-state index in [-0.39, 0.29) is 0 Å². The number of hydrogen-bond donors (Lipinski definition) is 2. The zero-order valence-electron chi connectivity index (χ0n) is 18.3. The van der Waals surface area contributed by atoms with Gasteiger partial charge < -0.3 is 20.7 Å². The Bertz CT molecular complexity index is 1210. The van der Waals surface area contributed by atoms with Gasteiger partial charge in [-0.05, 0) is 64.2 Å². The first-order valence-corrected chi connectivity index (χ1v) is 10.8. The average Bonchev–Trinajstić information content (AvgIpc) is 3.39. The van der Waals surface area contributed by atoms with Crippen molar-refractivity contribution >= 4 is 28.7 Å². The van der Waals surface area contributed by atoms with Crippen molar-refractivity contribution < 1.29 is 4.74 Å². The molecule has 1 aliphatic heterocycles. The average molecular weight is 434 g/mol. The number of hydrogen-bond acceptors (Lipinski definition) is 8. The molecule has 0 atom stereocenters. The molecule has 5 rings (SSSR count). The van der Waals surface area contributed by atoms with E-state index in [9.17, 15) is 0 Å². The summed E-state index contributed by atoms with van der Waals surface area (Å²) in [7, 11) is 2.16. The number of nitrogens with zero attached hydrogens (tertiary/aromatic N) is 7. The summed E-state index contributed by atoms with van der Waals surface area (Å²) in [6.45, 7) is 4.75. The van der Waals surface area contributed by atoms with E-state index < -0.39 is 0 Å². The van der Waals surface area contributed by atoms with E-state index in [2.05, 4.69) is 37.3 Å². The largest absolute Gasteiger partial charge is 0.494 e. The van der Waals surface area contributed by atoms with Crippen LogP contribution in [-0.2, 0) is 0 Å². The zero-order chi connectivity index (χ0) is 22.1. The van der Waals surface area contributed by atoms with Gasteiger partial charge in [0, 0.05) is 6.20 Å². The lowest BCUT2D eigenvalue weighted by molar-refractivity contribution is 0.212. The van der Waals surface area contributed by atoms with E-state index in [0.29, 0.717) is 35.7 Å². The van der Waals surface area contributed by atoms with E-state index in [1.807, 2.05) is 48.3 Å². The van der Waals surface area contributed by atoms with Gasteiger partial charge in [0.1, 0.15) is 11.3 Å². The third kappa shape index (κ3) is 3.96. The molecule has 0 aliphatic carbocycles. The molecule has 0 bridgehead atoms. The number of nitrogens with two attached hydrogens (primary N) is 1. The first-order chi connectivity index (χ1) is 15.6. The number of nitrogens with one attached hydrogen (secondary N) is 1. The van der Waals surface area contributed by atoms with Gasteiger partial charge >= 0.3 is 0 Å². The Hall–Kier alpha value is -3.66. The third-order valence-electron chi connectivity index (χ3n) is 5.75. The van der Waals surface area contributed by atoms with Gasteiger partial charge in [0.25, 0.3) is 0 Å². The van der Waals surface area contributed by atoms with E-state index in [4.69, 9.17) is 10.5 Å². The van der Waals surface area contributed by atoms with Crippen molar-refractivity contribution in [2.24, 2.45) is 0 Å². The molecule has 1 saturated heterocycles. The van der Waals surface area contributed by atoms with Gasteiger partial charge in [-0.1, -0.05) is 0 Å². The fourth-order valence-electron chi connectivity index (χ4n) is 4.06. The molecule has 4 aromatic rings. The van der Waals surface area contributed by atoms with Crippen molar-refractivity contribution in [1.82, 2.24) is 34.2 Å². The molecule has 1 aromatic carbocycles. The Morgan fingerprint density at radius 3 is 2.66 bits per heavy atom. The summed E-state index contributed by atoms with van der Waals surface area (Å²) >= 11 is 0. The van der Waals surface area contributed by atoms with Crippen LogP contribution in [0.15, 0.2) is 42.9 Å². The standard InChI is InChI=1S/C22H27N9O/c1-3-32-18-6-4-17(5-7-18)31-20-19(27-21(31)23)13-24-22(28-20)26-15-12-25-30(14-15)16-8-10-29(2)11-9-16/h4-7,12-14,16H,3,8-11H2,1-2H3,(H2,23,27)(H,24,26,28). The molecule has 10 heteroatoms. The van der Waals surface area contributed by atoms with Gasteiger partial charge in [-0.15, -0.1) is 0 Å². The summed E-state index contributed by atoms with van der Waals surface area (Å²) in [4.78, 5) is 15.8. The minimum absolute atomic E-state index is 0.352. The van der Waals surface area contributed by atoms with Crippen LogP contribution in [0.1, 0.15) is 25.8 Å². The van der Waals surface area contributed by atoms with Crippen LogP contribution in [0.25, 0.3) is 16.9 Å². The number of nitrogen functional groups attached to an aromatic ring is 1. The number of anilines is 3. The topological polar surface area (TPSA) is 112 Å². The molecule has 0 amide bonds. The van der Waals surface area contributed by atoms with Crippen molar-refractivity contribution in [3.05, 3.63) is 42.9 Å². The number of benzene rings is 1. The minimum Gasteiger partial charge on any atom is -0.494 e. The number of imidazole rings is 1. The Balaban J connectivity index is 1.39. The maximum atomic E-state index is 6.20. The van der Waals surface area contributed by atoms with Crippen LogP contribution in [0.4, 0.5) is 17.6 Å². The van der Waals surface area contributed by atoms with Crippen LogP contribution < -0.4 is 15.8 Å². The molecule has 166 valence electrons.